The van der Waals surface area contributed by atoms with Crippen molar-refractivity contribution >= 4 is 29.3 Å². The lowest BCUT2D eigenvalue weighted by Crippen LogP contribution is -2.33. The van der Waals surface area contributed by atoms with Crippen molar-refractivity contribution in [2.45, 2.75) is 4.90 Å². The van der Waals surface area contributed by atoms with Gasteiger partial charge in [0.05, 0.1) is 10.7 Å². The molecule has 0 saturated carbocycles. The SMILES string of the molecule is CN1/C(=C/C=C2C(=O)N(C)N(C)C2=O)Sc2ccccc21. The quantitative estimate of drug-likeness (QED) is 0.586. The molecule has 6 heteroatoms. The molecule has 0 radical (unpaired) electrons. The smallest absolute Gasteiger partial charge is 0.277 e. The molecule has 108 valence electrons. The van der Waals surface area contributed by atoms with Gasteiger partial charge in [0, 0.05) is 26.0 Å². The van der Waals surface area contributed by atoms with Crippen molar-refractivity contribution in [1.29, 1.82) is 0 Å². The first-order valence-electron chi connectivity index (χ1n) is 6.49. The molecule has 2 heterocycles. The monoisotopic (exact) mass is 301 g/mol. The fraction of sp³-hybridized carbons (Fsp3) is 0.200. The molecule has 0 aliphatic carbocycles. The van der Waals surface area contributed by atoms with Gasteiger partial charge in [0.2, 0.25) is 0 Å². The van der Waals surface area contributed by atoms with E-state index in [-0.39, 0.29) is 17.4 Å². The van der Waals surface area contributed by atoms with Crippen molar-refractivity contribution in [3.8, 4) is 0 Å². The van der Waals surface area contributed by atoms with Crippen LogP contribution >= 0.6 is 11.8 Å². The third-order valence-corrected chi connectivity index (χ3v) is 4.85. The van der Waals surface area contributed by atoms with Crippen molar-refractivity contribution < 1.29 is 9.59 Å². The summed E-state index contributed by atoms with van der Waals surface area (Å²) in [7, 11) is 5.14. The van der Waals surface area contributed by atoms with Gasteiger partial charge in [-0.2, -0.15) is 0 Å². The zero-order chi connectivity index (χ0) is 15.1. The van der Waals surface area contributed by atoms with Crippen LogP contribution in [0.3, 0.4) is 0 Å². The Labute approximate surface area is 127 Å². The molecule has 2 aliphatic heterocycles. The number of fused-ring (bicyclic) bond motifs is 1. The Morgan fingerprint density at radius 2 is 1.57 bits per heavy atom. The van der Waals surface area contributed by atoms with Crippen molar-refractivity contribution in [2.24, 2.45) is 0 Å². The Morgan fingerprint density at radius 1 is 0.952 bits per heavy atom. The van der Waals surface area contributed by atoms with Gasteiger partial charge in [-0.05, 0) is 24.3 Å². The number of nitrogens with zero attached hydrogens (tertiary/aromatic N) is 3. The number of para-hydroxylation sites is 1. The number of thioether (sulfide) groups is 1. The number of carbonyl (C=O) groups excluding carboxylic acids is 2. The van der Waals surface area contributed by atoms with E-state index in [1.54, 1.807) is 31.9 Å². The van der Waals surface area contributed by atoms with Gasteiger partial charge in [-0.25, -0.2) is 0 Å². The van der Waals surface area contributed by atoms with E-state index in [4.69, 9.17) is 0 Å². The molecule has 0 aromatic heterocycles. The Hall–Kier alpha value is -2.21. The van der Waals surface area contributed by atoms with Crippen LogP contribution in [-0.4, -0.2) is 43.0 Å². The standard InChI is InChI=1S/C15H15N3O2S/c1-16-11-6-4-5-7-12(11)21-13(16)9-8-10-14(19)17(2)18(3)15(10)20/h4-9H,1-3H3/b13-9-. The number of benzene rings is 1. The number of carbonyl (C=O) groups is 2. The summed E-state index contributed by atoms with van der Waals surface area (Å²) in [6, 6.07) is 8.09. The summed E-state index contributed by atoms with van der Waals surface area (Å²) in [4.78, 5) is 27.2. The second-order valence-electron chi connectivity index (χ2n) is 4.87. The molecule has 0 unspecified atom stereocenters. The zero-order valence-corrected chi connectivity index (χ0v) is 12.8. The van der Waals surface area contributed by atoms with Crippen LogP contribution in [-0.2, 0) is 9.59 Å². The second kappa shape index (κ2) is 4.96. The topological polar surface area (TPSA) is 43.9 Å². The lowest BCUT2D eigenvalue weighted by molar-refractivity contribution is -0.141. The minimum Gasteiger partial charge on any atom is -0.338 e. The lowest BCUT2D eigenvalue weighted by Gasteiger charge is -2.16. The average Bonchev–Trinajstić information content (AvgIpc) is 2.90. The predicted molar refractivity (Wildman–Crippen MR) is 82.4 cm³/mol. The highest BCUT2D eigenvalue weighted by atomic mass is 32.2. The van der Waals surface area contributed by atoms with Gasteiger partial charge in [-0.1, -0.05) is 23.9 Å². The summed E-state index contributed by atoms with van der Waals surface area (Å²) in [5.41, 5.74) is 1.32. The molecule has 2 aliphatic rings. The first-order chi connectivity index (χ1) is 10.0. The van der Waals surface area contributed by atoms with E-state index in [0.717, 1.165) is 10.7 Å². The zero-order valence-electron chi connectivity index (χ0n) is 12.0. The van der Waals surface area contributed by atoms with Gasteiger partial charge in [0.15, 0.2) is 0 Å². The number of anilines is 1. The Kier molecular flexibility index (Phi) is 3.25. The number of hydrogen-bond donors (Lipinski definition) is 0. The van der Waals surface area contributed by atoms with Crippen molar-refractivity contribution in [3.05, 3.63) is 47.0 Å². The normalized spacial score (nSPS) is 19.9. The molecule has 1 saturated heterocycles. The molecule has 0 N–H and O–H groups in total. The highest BCUT2D eigenvalue weighted by molar-refractivity contribution is 8.03. The number of likely N-dealkylation sites (N-methyl/N-ethyl adjacent to an activating group) is 2. The third kappa shape index (κ3) is 2.12. The summed E-state index contributed by atoms with van der Waals surface area (Å²) in [5, 5.41) is 3.61. The van der Waals surface area contributed by atoms with Gasteiger partial charge in [0.1, 0.15) is 5.57 Å². The van der Waals surface area contributed by atoms with Crippen LogP contribution in [0.5, 0.6) is 0 Å². The van der Waals surface area contributed by atoms with Crippen LogP contribution in [0.15, 0.2) is 51.9 Å². The van der Waals surface area contributed by atoms with Gasteiger partial charge in [-0.3, -0.25) is 19.6 Å². The first-order valence-corrected chi connectivity index (χ1v) is 7.31. The maximum atomic E-state index is 12.0. The summed E-state index contributed by atoms with van der Waals surface area (Å²) in [5.74, 6) is -0.551. The number of amides is 2. The highest BCUT2D eigenvalue weighted by Gasteiger charge is 2.35. The third-order valence-electron chi connectivity index (χ3n) is 3.66. The second-order valence-corrected chi connectivity index (χ2v) is 5.93. The van der Waals surface area contributed by atoms with Gasteiger partial charge in [-0.15, -0.1) is 0 Å². The largest absolute Gasteiger partial charge is 0.338 e. The number of rotatable bonds is 1. The van der Waals surface area contributed by atoms with Crippen molar-refractivity contribution in [1.82, 2.24) is 10.0 Å². The van der Waals surface area contributed by atoms with Gasteiger partial charge >= 0.3 is 0 Å². The van der Waals surface area contributed by atoms with Gasteiger partial charge < -0.3 is 4.90 Å². The van der Waals surface area contributed by atoms with E-state index in [0.29, 0.717) is 0 Å². The molecule has 0 bridgehead atoms. The Bertz CT molecular complexity index is 674. The lowest BCUT2D eigenvalue weighted by atomic mass is 10.2. The van der Waals surface area contributed by atoms with Crippen molar-refractivity contribution in [3.63, 3.8) is 0 Å². The fourth-order valence-electron chi connectivity index (χ4n) is 2.28. The minimum absolute atomic E-state index is 0.192. The van der Waals surface area contributed by atoms with Crippen molar-refractivity contribution in [2.75, 3.05) is 26.0 Å². The van der Waals surface area contributed by atoms with E-state index in [9.17, 15) is 9.59 Å². The highest BCUT2D eigenvalue weighted by Crippen LogP contribution is 2.44. The van der Waals surface area contributed by atoms with Crippen LogP contribution in [0.1, 0.15) is 0 Å². The average molecular weight is 301 g/mol. The fourth-order valence-corrected chi connectivity index (χ4v) is 3.33. The van der Waals surface area contributed by atoms with Crippen LogP contribution < -0.4 is 4.90 Å². The molecule has 1 aromatic carbocycles. The maximum Gasteiger partial charge on any atom is 0.277 e. The molecule has 21 heavy (non-hydrogen) atoms. The number of hydrogen-bond acceptors (Lipinski definition) is 4. The predicted octanol–water partition coefficient (Wildman–Crippen LogP) is 1.84. The Balaban J connectivity index is 1.90. The summed E-state index contributed by atoms with van der Waals surface area (Å²) < 4.78 is 0. The van der Waals surface area contributed by atoms with Crippen LogP contribution in [0.2, 0.25) is 0 Å². The Morgan fingerprint density at radius 3 is 2.19 bits per heavy atom. The molecule has 3 rings (SSSR count). The molecule has 0 spiro atoms. The van der Waals surface area contributed by atoms with Crippen LogP contribution in [0.4, 0.5) is 5.69 Å². The molecular formula is C15H15N3O2S. The molecule has 1 fully saturated rings. The van der Waals surface area contributed by atoms with E-state index in [1.807, 2.05) is 36.2 Å². The van der Waals surface area contributed by atoms with E-state index < -0.39 is 0 Å². The molecule has 0 atom stereocenters. The van der Waals surface area contributed by atoms with Crippen LogP contribution in [0, 0.1) is 0 Å². The molecule has 5 nitrogen and oxygen atoms in total. The number of allylic oxidation sites excluding steroid dienone is 2. The maximum absolute atomic E-state index is 12.0. The minimum atomic E-state index is -0.275. The summed E-state index contributed by atoms with van der Waals surface area (Å²) in [6.45, 7) is 0. The molecule has 1 aromatic rings. The molecular weight excluding hydrogens is 286 g/mol. The van der Waals surface area contributed by atoms with E-state index in [1.165, 1.54) is 14.9 Å². The van der Waals surface area contributed by atoms with E-state index in [2.05, 4.69) is 6.07 Å². The summed E-state index contributed by atoms with van der Waals surface area (Å²) >= 11 is 1.62. The summed E-state index contributed by atoms with van der Waals surface area (Å²) in [6.07, 6.45) is 3.43. The number of hydrazine groups is 1. The first kappa shape index (κ1) is 13.8. The van der Waals surface area contributed by atoms with Gasteiger partial charge in [0.25, 0.3) is 11.8 Å². The van der Waals surface area contributed by atoms with E-state index >= 15 is 0 Å². The molecule has 2 amide bonds. The van der Waals surface area contributed by atoms with Crippen LogP contribution in [0.25, 0.3) is 0 Å².